The average Bonchev–Trinajstić information content (AvgIpc) is 3.16. The molecule has 0 aliphatic rings. The van der Waals surface area contributed by atoms with Crippen molar-refractivity contribution in [2.45, 2.75) is 38.0 Å². The van der Waals surface area contributed by atoms with Gasteiger partial charge in [0.05, 0.1) is 12.4 Å². The van der Waals surface area contributed by atoms with Crippen LogP contribution in [0.25, 0.3) is 0 Å². The molecule has 0 atom stereocenters. The van der Waals surface area contributed by atoms with Crippen LogP contribution in [-0.2, 0) is 12.3 Å². The number of nitrogens with one attached hydrogen (secondary N) is 1. The summed E-state index contributed by atoms with van der Waals surface area (Å²) in [4.78, 5) is 13.7. The largest absolute Gasteiger partial charge is 0.494 e. The normalized spacial score (nSPS) is 10.7. The Hall–Kier alpha value is -2.66. The summed E-state index contributed by atoms with van der Waals surface area (Å²) in [7, 11) is 0. The van der Waals surface area contributed by atoms with E-state index in [2.05, 4.69) is 37.4 Å². The van der Waals surface area contributed by atoms with Crippen molar-refractivity contribution >= 4 is 17.7 Å². The third kappa shape index (κ3) is 4.98. The Kier molecular flexibility index (Phi) is 6.82. The van der Waals surface area contributed by atoms with Gasteiger partial charge < -0.3 is 14.5 Å². The average molecular weight is 396 g/mol. The van der Waals surface area contributed by atoms with Gasteiger partial charge in [0, 0.05) is 17.0 Å². The Balaban J connectivity index is 1.58. The third-order valence-electron chi connectivity index (χ3n) is 4.36. The predicted octanol–water partition coefficient (Wildman–Crippen LogP) is 5.52. The maximum Gasteiger partial charge on any atom is 0.287 e. The zero-order valence-corrected chi connectivity index (χ0v) is 17.3. The highest BCUT2D eigenvalue weighted by molar-refractivity contribution is 7.98. The molecular weight excluding hydrogens is 370 g/mol. The first-order valence-corrected chi connectivity index (χ1v) is 10.3. The molecule has 1 amide bonds. The van der Waals surface area contributed by atoms with E-state index in [1.807, 2.05) is 37.3 Å². The van der Waals surface area contributed by atoms with Gasteiger partial charge in [-0.2, -0.15) is 0 Å². The first-order valence-electron chi connectivity index (χ1n) is 9.35. The minimum absolute atomic E-state index is 0.227. The van der Waals surface area contributed by atoms with Gasteiger partial charge in [-0.25, -0.2) is 0 Å². The molecule has 3 rings (SSSR count). The number of amides is 1. The van der Waals surface area contributed by atoms with Crippen LogP contribution < -0.4 is 10.1 Å². The van der Waals surface area contributed by atoms with Crippen molar-refractivity contribution in [1.82, 2.24) is 5.32 Å². The molecule has 1 N–H and O–H groups in total. The van der Waals surface area contributed by atoms with Gasteiger partial charge in [-0.3, -0.25) is 4.79 Å². The van der Waals surface area contributed by atoms with Crippen LogP contribution in [-0.4, -0.2) is 12.5 Å². The van der Waals surface area contributed by atoms with E-state index in [0.717, 1.165) is 17.1 Å². The molecule has 1 aromatic heterocycles. The van der Waals surface area contributed by atoms with Crippen LogP contribution in [0.5, 0.6) is 5.75 Å². The molecule has 0 saturated heterocycles. The molecule has 1 heterocycles. The summed E-state index contributed by atoms with van der Waals surface area (Å²) in [5.74, 6) is 2.36. The summed E-state index contributed by atoms with van der Waals surface area (Å²) < 4.78 is 11.3. The van der Waals surface area contributed by atoms with E-state index in [-0.39, 0.29) is 5.91 Å². The number of hydrogen-bond donors (Lipinski definition) is 1. The van der Waals surface area contributed by atoms with Crippen LogP contribution in [0.4, 0.5) is 0 Å². The molecule has 0 fully saturated rings. The van der Waals surface area contributed by atoms with Gasteiger partial charge in [0.2, 0.25) is 0 Å². The SMILES string of the molecule is CCOc1ccccc1CNC(=O)c1ccc(CSc2c(C)cccc2C)o1. The van der Waals surface area contributed by atoms with Crippen LogP contribution in [0.3, 0.4) is 0 Å². The van der Waals surface area contributed by atoms with Crippen LogP contribution in [0.2, 0.25) is 0 Å². The molecule has 0 spiro atoms. The van der Waals surface area contributed by atoms with Crippen molar-refractivity contribution in [3.05, 3.63) is 82.8 Å². The number of carbonyl (C=O) groups is 1. The van der Waals surface area contributed by atoms with Gasteiger partial charge in [0.25, 0.3) is 5.91 Å². The topological polar surface area (TPSA) is 51.5 Å². The van der Waals surface area contributed by atoms with E-state index >= 15 is 0 Å². The molecule has 4 nitrogen and oxygen atoms in total. The Bertz CT molecular complexity index is 928. The molecule has 28 heavy (non-hydrogen) atoms. The van der Waals surface area contributed by atoms with Crippen molar-refractivity contribution in [2.24, 2.45) is 0 Å². The molecule has 0 saturated carbocycles. The predicted molar refractivity (Wildman–Crippen MR) is 113 cm³/mol. The van der Waals surface area contributed by atoms with Gasteiger partial charge >= 0.3 is 0 Å². The van der Waals surface area contributed by atoms with E-state index in [4.69, 9.17) is 9.15 Å². The number of thioether (sulfide) groups is 1. The van der Waals surface area contributed by atoms with Gasteiger partial charge in [-0.15, -0.1) is 11.8 Å². The fourth-order valence-corrected chi connectivity index (χ4v) is 3.99. The maximum absolute atomic E-state index is 12.4. The molecule has 0 aliphatic heterocycles. The summed E-state index contributed by atoms with van der Waals surface area (Å²) in [6.07, 6.45) is 0. The highest BCUT2D eigenvalue weighted by atomic mass is 32.2. The van der Waals surface area contributed by atoms with Crippen molar-refractivity contribution in [2.75, 3.05) is 6.61 Å². The van der Waals surface area contributed by atoms with Crippen molar-refractivity contribution in [1.29, 1.82) is 0 Å². The number of hydrogen-bond acceptors (Lipinski definition) is 4. The summed E-state index contributed by atoms with van der Waals surface area (Å²) in [6, 6.07) is 17.6. The quantitative estimate of drug-likeness (QED) is 0.511. The summed E-state index contributed by atoms with van der Waals surface area (Å²) in [6.45, 7) is 7.13. The monoisotopic (exact) mass is 395 g/mol. The van der Waals surface area contributed by atoms with E-state index < -0.39 is 0 Å². The van der Waals surface area contributed by atoms with Crippen LogP contribution in [0.1, 0.15) is 39.9 Å². The van der Waals surface area contributed by atoms with Gasteiger partial charge in [-0.1, -0.05) is 36.4 Å². The lowest BCUT2D eigenvalue weighted by molar-refractivity contribution is 0.0921. The zero-order chi connectivity index (χ0) is 19.9. The number of carbonyl (C=O) groups excluding carboxylic acids is 1. The molecule has 0 aliphatic carbocycles. The fourth-order valence-electron chi connectivity index (χ4n) is 2.96. The summed E-state index contributed by atoms with van der Waals surface area (Å²) in [5.41, 5.74) is 3.44. The zero-order valence-electron chi connectivity index (χ0n) is 16.5. The lowest BCUT2D eigenvalue weighted by atomic mass is 10.2. The van der Waals surface area contributed by atoms with Crippen molar-refractivity contribution < 1.29 is 13.9 Å². The highest BCUT2D eigenvalue weighted by Gasteiger charge is 2.13. The van der Waals surface area contributed by atoms with Crippen LogP contribution in [0, 0.1) is 13.8 Å². The van der Waals surface area contributed by atoms with E-state index in [1.54, 1.807) is 17.8 Å². The standard InChI is InChI=1S/C23H25NO3S/c1-4-26-20-11-6-5-10-18(20)14-24-23(25)21-13-12-19(27-21)15-28-22-16(2)8-7-9-17(22)3/h5-13H,4,14-15H2,1-3H3,(H,24,25). The number of ether oxygens (including phenoxy) is 1. The first kappa shape index (κ1) is 20.1. The Morgan fingerprint density at radius 3 is 2.54 bits per heavy atom. The second kappa shape index (κ2) is 9.51. The number of furan rings is 1. The number of aryl methyl sites for hydroxylation is 2. The third-order valence-corrected chi connectivity index (χ3v) is 5.73. The molecule has 0 bridgehead atoms. The second-order valence-corrected chi connectivity index (χ2v) is 7.48. The Morgan fingerprint density at radius 2 is 1.79 bits per heavy atom. The summed E-state index contributed by atoms with van der Waals surface area (Å²) in [5, 5.41) is 2.90. The van der Waals surface area contributed by atoms with Crippen molar-refractivity contribution in [3.8, 4) is 5.75 Å². The van der Waals surface area contributed by atoms with Gasteiger partial charge in [-0.05, 0) is 50.1 Å². The first-order chi connectivity index (χ1) is 13.6. The van der Waals surface area contributed by atoms with Gasteiger partial charge in [0.1, 0.15) is 11.5 Å². The Labute approximate surface area is 170 Å². The molecule has 0 radical (unpaired) electrons. The van der Waals surface area contributed by atoms with E-state index in [9.17, 15) is 4.79 Å². The number of rotatable bonds is 8. The maximum atomic E-state index is 12.4. The molecular formula is C23H25NO3S. The van der Waals surface area contributed by atoms with Crippen molar-refractivity contribution in [3.63, 3.8) is 0 Å². The number of para-hydroxylation sites is 1. The van der Waals surface area contributed by atoms with E-state index in [1.165, 1.54) is 16.0 Å². The molecule has 3 aromatic rings. The molecule has 2 aromatic carbocycles. The minimum Gasteiger partial charge on any atom is -0.494 e. The lowest BCUT2D eigenvalue weighted by Crippen LogP contribution is -2.22. The Morgan fingerprint density at radius 1 is 1.04 bits per heavy atom. The highest BCUT2D eigenvalue weighted by Crippen LogP contribution is 2.29. The minimum atomic E-state index is -0.227. The second-order valence-electron chi connectivity index (χ2n) is 6.50. The van der Waals surface area contributed by atoms with Crippen LogP contribution in [0.15, 0.2) is 63.9 Å². The van der Waals surface area contributed by atoms with Crippen LogP contribution >= 0.6 is 11.8 Å². The smallest absolute Gasteiger partial charge is 0.287 e. The fraction of sp³-hybridized carbons (Fsp3) is 0.261. The molecule has 146 valence electrons. The van der Waals surface area contributed by atoms with Gasteiger partial charge in [0.15, 0.2) is 5.76 Å². The lowest BCUT2D eigenvalue weighted by Gasteiger charge is -2.10. The summed E-state index contributed by atoms with van der Waals surface area (Å²) >= 11 is 1.73. The van der Waals surface area contributed by atoms with E-state index in [0.29, 0.717) is 24.7 Å². The molecule has 0 unspecified atom stereocenters. The number of benzene rings is 2. The molecule has 5 heteroatoms.